The van der Waals surface area contributed by atoms with Gasteiger partial charge in [0.2, 0.25) is 5.91 Å². The maximum Gasteiger partial charge on any atom is 0.321 e. The molecule has 7 nitrogen and oxygen atoms in total. The van der Waals surface area contributed by atoms with Gasteiger partial charge in [-0.2, -0.15) is 0 Å². The second-order valence-electron chi connectivity index (χ2n) is 5.86. The Labute approximate surface area is 170 Å². The Bertz CT molecular complexity index is 1120. The first-order valence-electron chi connectivity index (χ1n) is 8.37. The van der Waals surface area contributed by atoms with Crippen LogP contribution in [0.2, 0.25) is 5.02 Å². The van der Waals surface area contributed by atoms with Crippen LogP contribution in [0.3, 0.4) is 0 Å². The summed E-state index contributed by atoms with van der Waals surface area (Å²) in [6.07, 6.45) is 0. The van der Waals surface area contributed by atoms with Gasteiger partial charge in [0.25, 0.3) is 5.56 Å². The minimum atomic E-state index is -0.671. The Morgan fingerprint density at radius 2 is 1.93 bits per heavy atom. The lowest BCUT2D eigenvalue weighted by Crippen LogP contribution is -2.41. The number of aromatic nitrogens is 2. The van der Waals surface area contributed by atoms with Gasteiger partial charge in [0, 0.05) is 12.1 Å². The molecule has 0 unspecified atom stereocenters. The van der Waals surface area contributed by atoms with E-state index in [1.807, 2.05) is 0 Å². The van der Waals surface area contributed by atoms with E-state index >= 15 is 0 Å². The molecule has 2 N–H and O–H groups in total. The highest BCUT2D eigenvalue weighted by Crippen LogP contribution is 2.26. The normalized spacial score (nSPS) is 11.8. The molecule has 0 saturated carbocycles. The number of nitrogens with one attached hydrogen (secondary N) is 2. The lowest BCUT2D eigenvalue weighted by atomic mass is 10.2. The summed E-state index contributed by atoms with van der Waals surface area (Å²) < 4.78 is 1.42. The molecule has 3 rings (SSSR count). The molecule has 0 fully saturated rings. The Morgan fingerprint density at radius 1 is 1.18 bits per heavy atom. The van der Waals surface area contributed by atoms with Crippen molar-refractivity contribution >= 4 is 46.2 Å². The number of carbonyl (C=O) groups is 2. The van der Waals surface area contributed by atoms with Gasteiger partial charge >= 0.3 is 6.03 Å². The first kappa shape index (κ1) is 19.9. The number of carbonyl (C=O) groups excluding carboxylic acids is 2. The van der Waals surface area contributed by atoms with Gasteiger partial charge in [-0.1, -0.05) is 41.6 Å². The van der Waals surface area contributed by atoms with Crippen LogP contribution in [0, 0.1) is 0 Å². The van der Waals surface area contributed by atoms with Crippen LogP contribution in [0.5, 0.6) is 0 Å². The highest BCUT2D eigenvalue weighted by molar-refractivity contribution is 8.00. The van der Waals surface area contributed by atoms with Crippen molar-refractivity contribution in [2.24, 2.45) is 0 Å². The molecule has 3 amide bonds. The highest BCUT2D eigenvalue weighted by atomic mass is 35.5. The van der Waals surface area contributed by atoms with E-state index in [2.05, 4.69) is 15.6 Å². The summed E-state index contributed by atoms with van der Waals surface area (Å²) in [4.78, 5) is 41.3. The van der Waals surface area contributed by atoms with Crippen molar-refractivity contribution in [3.63, 3.8) is 0 Å². The van der Waals surface area contributed by atoms with Crippen molar-refractivity contribution in [1.29, 1.82) is 0 Å². The summed E-state index contributed by atoms with van der Waals surface area (Å²) in [5.74, 6) is -0.496. The van der Waals surface area contributed by atoms with Gasteiger partial charge in [-0.25, -0.2) is 9.78 Å². The van der Waals surface area contributed by atoms with Gasteiger partial charge in [0.05, 0.1) is 21.8 Å². The fourth-order valence-electron chi connectivity index (χ4n) is 2.52. The number of amides is 3. The number of rotatable bonds is 4. The van der Waals surface area contributed by atoms with Crippen LogP contribution in [0.15, 0.2) is 58.5 Å². The molecule has 0 saturated heterocycles. The summed E-state index contributed by atoms with van der Waals surface area (Å²) >= 11 is 7.17. The van der Waals surface area contributed by atoms with Gasteiger partial charge in [-0.05, 0) is 37.3 Å². The number of para-hydroxylation sites is 1. The molecule has 1 heterocycles. The number of hydrogen-bond donors (Lipinski definition) is 2. The number of imide groups is 1. The zero-order chi connectivity index (χ0) is 20.3. The predicted molar refractivity (Wildman–Crippen MR) is 110 cm³/mol. The van der Waals surface area contributed by atoms with E-state index in [0.717, 1.165) is 11.8 Å². The molecular formula is C19H17ClN4O3S. The Kier molecular flexibility index (Phi) is 6.01. The highest BCUT2D eigenvalue weighted by Gasteiger charge is 2.21. The lowest BCUT2D eigenvalue weighted by molar-refractivity contribution is -0.119. The second-order valence-corrected chi connectivity index (χ2v) is 7.60. The first-order chi connectivity index (χ1) is 13.4. The van der Waals surface area contributed by atoms with Crippen molar-refractivity contribution in [2.45, 2.75) is 17.3 Å². The first-order valence-corrected chi connectivity index (χ1v) is 9.63. The van der Waals surface area contributed by atoms with Crippen LogP contribution in [0.25, 0.3) is 16.6 Å². The quantitative estimate of drug-likeness (QED) is 0.503. The zero-order valence-corrected chi connectivity index (χ0v) is 16.7. The van der Waals surface area contributed by atoms with Crippen molar-refractivity contribution < 1.29 is 9.59 Å². The second kappa shape index (κ2) is 8.45. The summed E-state index contributed by atoms with van der Waals surface area (Å²) in [7, 11) is 1.42. The van der Waals surface area contributed by atoms with Crippen LogP contribution in [0.1, 0.15) is 6.92 Å². The summed E-state index contributed by atoms with van der Waals surface area (Å²) in [5, 5.41) is 5.13. The van der Waals surface area contributed by atoms with Gasteiger partial charge in [-0.15, -0.1) is 0 Å². The monoisotopic (exact) mass is 416 g/mol. The van der Waals surface area contributed by atoms with Gasteiger partial charge in [0.15, 0.2) is 5.16 Å². The van der Waals surface area contributed by atoms with Gasteiger partial charge in [0.1, 0.15) is 0 Å². The molecule has 2 aromatic carbocycles. The van der Waals surface area contributed by atoms with E-state index < -0.39 is 17.2 Å². The minimum absolute atomic E-state index is 0.269. The standard InChI is InChI=1S/C19H17ClN4O3S/c1-11(16(25)23-18(27)21-2)28-19-22-15-9-4-3-8-14(15)17(26)24(19)13-7-5-6-12(20)10-13/h3-11H,1-2H3,(H2,21,23,25,27)/t11-/m1/s1. The number of thioether (sulfide) groups is 1. The predicted octanol–water partition coefficient (Wildman–Crippen LogP) is 2.98. The van der Waals surface area contributed by atoms with E-state index in [-0.39, 0.29) is 5.56 Å². The molecule has 1 aromatic heterocycles. The molecule has 9 heteroatoms. The number of nitrogens with zero attached hydrogens (tertiary/aromatic N) is 2. The number of benzene rings is 2. The molecule has 1 atom stereocenters. The number of hydrogen-bond acceptors (Lipinski definition) is 5. The zero-order valence-electron chi connectivity index (χ0n) is 15.1. The van der Waals surface area contributed by atoms with E-state index in [1.54, 1.807) is 55.5 Å². The molecule has 144 valence electrons. The summed E-state index contributed by atoms with van der Waals surface area (Å²) in [6.45, 7) is 1.63. The third kappa shape index (κ3) is 4.18. The molecule has 3 aromatic rings. The number of fused-ring (bicyclic) bond motifs is 1. The average molecular weight is 417 g/mol. The maximum absolute atomic E-state index is 13.1. The molecule has 0 radical (unpaired) electrons. The van der Waals surface area contributed by atoms with E-state index in [4.69, 9.17) is 11.6 Å². The molecule has 0 aliphatic carbocycles. The largest absolute Gasteiger partial charge is 0.341 e. The van der Waals surface area contributed by atoms with Gasteiger partial charge in [-0.3, -0.25) is 19.5 Å². The molecule has 0 bridgehead atoms. The van der Waals surface area contributed by atoms with Crippen LogP contribution >= 0.6 is 23.4 Å². The van der Waals surface area contributed by atoms with Crippen LogP contribution in [-0.4, -0.2) is 33.8 Å². The Hall–Kier alpha value is -2.84. The van der Waals surface area contributed by atoms with Gasteiger partial charge < -0.3 is 5.32 Å². The number of halogens is 1. The minimum Gasteiger partial charge on any atom is -0.341 e. The van der Waals surface area contributed by atoms with E-state index in [1.165, 1.54) is 11.6 Å². The molecule has 0 aliphatic rings. The summed E-state index contributed by atoms with van der Waals surface area (Å²) in [6, 6.07) is 13.2. The van der Waals surface area contributed by atoms with Crippen molar-refractivity contribution in [3.8, 4) is 5.69 Å². The maximum atomic E-state index is 13.1. The molecule has 28 heavy (non-hydrogen) atoms. The lowest BCUT2D eigenvalue weighted by Gasteiger charge is -2.16. The smallest absolute Gasteiger partial charge is 0.321 e. The van der Waals surface area contributed by atoms with Crippen LogP contribution in [-0.2, 0) is 4.79 Å². The van der Waals surface area contributed by atoms with Crippen LogP contribution in [0.4, 0.5) is 4.79 Å². The van der Waals surface area contributed by atoms with E-state index in [0.29, 0.717) is 26.8 Å². The average Bonchev–Trinajstić information content (AvgIpc) is 2.68. The topological polar surface area (TPSA) is 93.1 Å². The fourth-order valence-corrected chi connectivity index (χ4v) is 3.63. The molecule has 0 aliphatic heterocycles. The third-order valence-corrected chi connectivity index (χ3v) is 5.21. The van der Waals surface area contributed by atoms with Crippen molar-refractivity contribution in [2.75, 3.05) is 7.05 Å². The van der Waals surface area contributed by atoms with Crippen LogP contribution < -0.4 is 16.2 Å². The summed E-state index contributed by atoms with van der Waals surface area (Å²) in [5.41, 5.74) is 0.790. The van der Waals surface area contributed by atoms with Crippen molar-refractivity contribution in [1.82, 2.24) is 20.2 Å². The van der Waals surface area contributed by atoms with Crippen molar-refractivity contribution in [3.05, 3.63) is 63.9 Å². The SMILES string of the molecule is CNC(=O)NC(=O)[C@@H](C)Sc1nc2ccccc2c(=O)n1-c1cccc(Cl)c1. The van der Waals surface area contributed by atoms with E-state index in [9.17, 15) is 14.4 Å². The molecule has 0 spiro atoms. The Balaban J connectivity index is 2.10. The molecular weight excluding hydrogens is 400 g/mol. The third-order valence-electron chi connectivity index (χ3n) is 3.93. The fraction of sp³-hybridized carbons (Fsp3) is 0.158. The number of urea groups is 1. The Morgan fingerprint density at radius 3 is 2.64 bits per heavy atom.